The molecule has 1 aliphatic heterocycles. The number of hydrogen-bond donors (Lipinski definition) is 1. The Kier molecular flexibility index (Phi) is 5.58. The number of carbonyl (C=O) groups excluding carboxylic acids is 1. The predicted molar refractivity (Wildman–Crippen MR) is 108 cm³/mol. The topological polar surface area (TPSA) is 67.5 Å². The molecule has 1 atom stereocenters. The van der Waals surface area contributed by atoms with Crippen molar-refractivity contribution in [3.05, 3.63) is 70.7 Å². The molecule has 1 amide bonds. The molecule has 146 valence electrons. The molecule has 6 nitrogen and oxygen atoms in total. The molecule has 1 aliphatic rings. The van der Waals surface area contributed by atoms with Gasteiger partial charge in [0.25, 0.3) is 0 Å². The van der Waals surface area contributed by atoms with Gasteiger partial charge in [0.15, 0.2) is 5.58 Å². The van der Waals surface area contributed by atoms with Crippen molar-refractivity contribution in [1.29, 1.82) is 0 Å². The average Bonchev–Trinajstić information content (AvgIpc) is 3.26. The number of aromatic nitrogens is 1. The average molecular weight is 379 g/mol. The molecule has 1 aromatic heterocycles. The molecule has 6 heteroatoms. The molecule has 4 rings (SSSR count). The van der Waals surface area contributed by atoms with Crippen LogP contribution in [-0.2, 0) is 17.9 Å². The summed E-state index contributed by atoms with van der Waals surface area (Å²) in [5.41, 5.74) is 2.66. The fourth-order valence-electron chi connectivity index (χ4n) is 3.86. The lowest BCUT2D eigenvalue weighted by Gasteiger charge is -2.16. The number of fused-ring (bicyclic) bond motifs is 1. The van der Waals surface area contributed by atoms with E-state index >= 15 is 0 Å². The summed E-state index contributed by atoms with van der Waals surface area (Å²) in [6.45, 7) is 3.28. The normalized spacial score (nSPS) is 17.2. The fraction of sp³-hybridized carbons (Fsp3) is 0.364. The number of amides is 1. The SMILES string of the molecule is O=C(CCCn1c(=O)oc2ccccc21)NC1CCN(Cc2ccccc2)C1. The molecule has 0 radical (unpaired) electrons. The monoisotopic (exact) mass is 379 g/mol. The first-order chi connectivity index (χ1) is 13.7. The Morgan fingerprint density at radius 2 is 1.89 bits per heavy atom. The summed E-state index contributed by atoms with van der Waals surface area (Å²) >= 11 is 0. The Hall–Kier alpha value is -2.86. The van der Waals surface area contributed by atoms with Crippen LogP contribution in [0.15, 0.2) is 63.8 Å². The van der Waals surface area contributed by atoms with Crippen molar-refractivity contribution in [2.45, 2.75) is 38.4 Å². The van der Waals surface area contributed by atoms with Crippen LogP contribution >= 0.6 is 0 Å². The zero-order chi connectivity index (χ0) is 19.3. The zero-order valence-corrected chi connectivity index (χ0v) is 15.8. The lowest BCUT2D eigenvalue weighted by Crippen LogP contribution is -2.37. The molecule has 3 aromatic rings. The maximum atomic E-state index is 12.3. The summed E-state index contributed by atoms with van der Waals surface area (Å²) in [6, 6.07) is 18.0. The Morgan fingerprint density at radius 1 is 1.11 bits per heavy atom. The molecule has 1 N–H and O–H groups in total. The summed E-state index contributed by atoms with van der Waals surface area (Å²) < 4.78 is 6.82. The molecule has 0 saturated carbocycles. The van der Waals surface area contributed by atoms with Gasteiger partial charge in [0.05, 0.1) is 5.52 Å². The lowest BCUT2D eigenvalue weighted by atomic mass is 10.2. The van der Waals surface area contributed by atoms with Gasteiger partial charge in [-0.2, -0.15) is 0 Å². The standard InChI is InChI=1S/C22H25N3O3/c26-21(11-6-13-25-19-9-4-5-10-20(19)28-22(25)27)23-18-12-14-24(16-18)15-17-7-2-1-3-8-17/h1-5,7-10,18H,6,11-16H2,(H,23,26). The first-order valence-corrected chi connectivity index (χ1v) is 9.83. The van der Waals surface area contributed by atoms with Gasteiger partial charge in [-0.1, -0.05) is 42.5 Å². The van der Waals surface area contributed by atoms with Crippen LogP contribution in [-0.4, -0.2) is 34.5 Å². The van der Waals surface area contributed by atoms with Gasteiger partial charge in [0.2, 0.25) is 5.91 Å². The zero-order valence-electron chi connectivity index (χ0n) is 15.8. The number of carbonyl (C=O) groups is 1. The van der Waals surface area contributed by atoms with Gasteiger partial charge in [-0.3, -0.25) is 14.3 Å². The third-order valence-corrected chi connectivity index (χ3v) is 5.25. The Balaban J connectivity index is 1.23. The number of nitrogens with zero attached hydrogens (tertiary/aromatic N) is 2. The summed E-state index contributed by atoms with van der Waals surface area (Å²) in [6.07, 6.45) is 1.99. The Bertz CT molecular complexity index is 993. The third kappa shape index (κ3) is 4.34. The highest BCUT2D eigenvalue weighted by atomic mass is 16.4. The van der Waals surface area contributed by atoms with E-state index in [1.54, 1.807) is 10.6 Å². The van der Waals surface area contributed by atoms with E-state index in [2.05, 4.69) is 34.5 Å². The van der Waals surface area contributed by atoms with Crippen LogP contribution in [0.5, 0.6) is 0 Å². The highest BCUT2D eigenvalue weighted by molar-refractivity contribution is 5.76. The van der Waals surface area contributed by atoms with E-state index < -0.39 is 0 Å². The number of para-hydroxylation sites is 2. The van der Waals surface area contributed by atoms with Gasteiger partial charge >= 0.3 is 5.76 Å². The Labute approximate surface area is 163 Å². The van der Waals surface area contributed by atoms with E-state index in [4.69, 9.17) is 4.42 Å². The summed E-state index contributed by atoms with van der Waals surface area (Å²) in [5, 5.41) is 3.14. The van der Waals surface area contributed by atoms with Gasteiger partial charge in [-0.05, 0) is 30.5 Å². The number of hydrogen-bond acceptors (Lipinski definition) is 4. The van der Waals surface area contributed by atoms with Crippen molar-refractivity contribution in [3.8, 4) is 0 Å². The van der Waals surface area contributed by atoms with E-state index in [0.29, 0.717) is 25.0 Å². The smallest absolute Gasteiger partial charge is 0.408 e. The highest BCUT2D eigenvalue weighted by Crippen LogP contribution is 2.14. The molecule has 0 bridgehead atoms. The van der Waals surface area contributed by atoms with Crippen LogP contribution in [0, 0.1) is 0 Å². The summed E-state index contributed by atoms with van der Waals surface area (Å²) in [5.74, 6) is -0.318. The second-order valence-corrected chi connectivity index (χ2v) is 7.36. The number of nitrogens with one attached hydrogen (secondary N) is 1. The van der Waals surface area contributed by atoms with E-state index in [1.807, 2.05) is 24.3 Å². The Morgan fingerprint density at radius 3 is 2.75 bits per heavy atom. The van der Waals surface area contributed by atoms with Crippen molar-refractivity contribution in [1.82, 2.24) is 14.8 Å². The lowest BCUT2D eigenvalue weighted by molar-refractivity contribution is -0.121. The van der Waals surface area contributed by atoms with Gasteiger partial charge in [0, 0.05) is 38.6 Å². The van der Waals surface area contributed by atoms with Crippen LogP contribution in [0.2, 0.25) is 0 Å². The second kappa shape index (κ2) is 8.44. The van der Waals surface area contributed by atoms with Crippen LogP contribution in [0.1, 0.15) is 24.8 Å². The number of oxazole rings is 1. The number of rotatable bonds is 7. The summed E-state index contributed by atoms with van der Waals surface area (Å²) in [4.78, 5) is 26.6. The first kappa shape index (κ1) is 18.5. The van der Waals surface area contributed by atoms with Crippen LogP contribution in [0.4, 0.5) is 0 Å². The summed E-state index contributed by atoms with van der Waals surface area (Å²) in [7, 11) is 0. The third-order valence-electron chi connectivity index (χ3n) is 5.25. The molecule has 0 aliphatic carbocycles. The molecule has 0 spiro atoms. The second-order valence-electron chi connectivity index (χ2n) is 7.36. The largest absolute Gasteiger partial charge is 0.419 e. The molecule has 2 aromatic carbocycles. The maximum absolute atomic E-state index is 12.3. The number of likely N-dealkylation sites (tertiary alicyclic amines) is 1. The predicted octanol–water partition coefficient (Wildman–Crippen LogP) is 2.77. The van der Waals surface area contributed by atoms with Crippen LogP contribution < -0.4 is 11.1 Å². The molecule has 1 saturated heterocycles. The first-order valence-electron chi connectivity index (χ1n) is 9.83. The molecular formula is C22H25N3O3. The molecule has 1 unspecified atom stereocenters. The number of aryl methyl sites for hydroxylation is 1. The molecule has 28 heavy (non-hydrogen) atoms. The van der Waals surface area contributed by atoms with Crippen molar-refractivity contribution >= 4 is 17.0 Å². The molecule has 1 fully saturated rings. The van der Waals surface area contributed by atoms with Gasteiger partial charge in [-0.15, -0.1) is 0 Å². The van der Waals surface area contributed by atoms with Crippen molar-refractivity contribution in [2.75, 3.05) is 13.1 Å². The van der Waals surface area contributed by atoms with Crippen LogP contribution in [0.3, 0.4) is 0 Å². The van der Waals surface area contributed by atoms with Gasteiger partial charge in [-0.25, -0.2) is 4.79 Å². The van der Waals surface area contributed by atoms with Gasteiger partial charge in [0.1, 0.15) is 0 Å². The minimum atomic E-state index is -0.367. The minimum Gasteiger partial charge on any atom is -0.408 e. The van der Waals surface area contributed by atoms with Crippen molar-refractivity contribution < 1.29 is 9.21 Å². The van der Waals surface area contributed by atoms with Gasteiger partial charge < -0.3 is 9.73 Å². The van der Waals surface area contributed by atoms with E-state index in [0.717, 1.165) is 31.6 Å². The number of benzene rings is 2. The molecular weight excluding hydrogens is 354 g/mol. The quantitative estimate of drug-likeness (QED) is 0.685. The fourth-order valence-corrected chi connectivity index (χ4v) is 3.86. The maximum Gasteiger partial charge on any atom is 0.419 e. The highest BCUT2D eigenvalue weighted by Gasteiger charge is 2.23. The van der Waals surface area contributed by atoms with Crippen molar-refractivity contribution in [3.63, 3.8) is 0 Å². The molecule has 2 heterocycles. The van der Waals surface area contributed by atoms with E-state index in [9.17, 15) is 9.59 Å². The minimum absolute atomic E-state index is 0.0485. The van der Waals surface area contributed by atoms with E-state index in [1.165, 1.54) is 5.56 Å². The van der Waals surface area contributed by atoms with E-state index in [-0.39, 0.29) is 17.7 Å². The van der Waals surface area contributed by atoms with Crippen LogP contribution in [0.25, 0.3) is 11.1 Å². The van der Waals surface area contributed by atoms with Crippen molar-refractivity contribution in [2.24, 2.45) is 0 Å².